The Bertz CT molecular complexity index is 615. The molecule has 2 aromatic heterocycles. The number of hydrogen-bond acceptors (Lipinski definition) is 5. The van der Waals surface area contributed by atoms with Crippen molar-refractivity contribution in [1.82, 2.24) is 15.0 Å². The second kappa shape index (κ2) is 6.18. The summed E-state index contributed by atoms with van der Waals surface area (Å²) in [6.45, 7) is 2.90. The van der Waals surface area contributed by atoms with Gasteiger partial charge in [-0.25, -0.2) is 9.97 Å². The maximum Gasteiger partial charge on any atom is 0.163 e. The molecule has 2 N–H and O–H groups in total. The van der Waals surface area contributed by atoms with Gasteiger partial charge in [-0.3, -0.25) is 4.98 Å². The molecule has 0 bridgehead atoms. The minimum absolute atomic E-state index is 0.176. The Morgan fingerprint density at radius 2 is 2.24 bits per heavy atom. The predicted octanol–water partition coefficient (Wildman–Crippen LogP) is 2.07. The number of anilines is 1. The van der Waals surface area contributed by atoms with Crippen molar-refractivity contribution in [2.24, 2.45) is 5.92 Å². The largest absolute Gasteiger partial charge is 0.396 e. The van der Waals surface area contributed by atoms with Crippen LogP contribution in [0.2, 0.25) is 0 Å². The molecule has 0 spiro atoms. The average molecular weight is 284 g/mol. The summed E-state index contributed by atoms with van der Waals surface area (Å²) < 4.78 is 0. The Labute approximate surface area is 124 Å². The highest BCUT2D eigenvalue weighted by Crippen LogP contribution is 2.29. The maximum absolute atomic E-state index is 9.16. The maximum atomic E-state index is 9.16. The average Bonchev–Trinajstić information content (AvgIpc) is 3.01. The molecule has 3 rings (SSSR count). The van der Waals surface area contributed by atoms with Gasteiger partial charge in [0.1, 0.15) is 5.82 Å². The Hall–Kier alpha value is -2.01. The number of fused-ring (bicyclic) bond motifs is 1. The first-order valence-electron chi connectivity index (χ1n) is 7.43. The van der Waals surface area contributed by atoms with Gasteiger partial charge in [0, 0.05) is 42.4 Å². The number of aliphatic hydroxyl groups is 1. The van der Waals surface area contributed by atoms with E-state index < -0.39 is 0 Å². The van der Waals surface area contributed by atoms with Crippen molar-refractivity contribution in [1.29, 1.82) is 0 Å². The lowest BCUT2D eigenvalue weighted by Crippen LogP contribution is -2.17. The van der Waals surface area contributed by atoms with Gasteiger partial charge in [-0.05, 0) is 37.3 Å². The van der Waals surface area contributed by atoms with Crippen LogP contribution < -0.4 is 5.32 Å². The molecule has 1 unspecified atom stereocenters. The van der Waals surface area contributed by atoms with E-state index >= 15 is 0 Å². The lowest BCUT2D eigenvalue weighted by molar-refractivity contribution is 0.244. The zero-order valence-corrected chi connectivity index (χ0v) is 12.2. The van der Waals surface area contributed by atoms with Crippen molar-refractivity contribution in [2.45, 2.75) is 26.2 Å². The molecule has 0 radical (unpaired) electrons. The van der Waals surface area contributed by atoms with Crippen LogP contribution in [0.3, 0.4) is 0 Å². The van der Waals surface area contributed by atoms with E-state index in [0.29, 0.717) is 6.54 Å². The second-order valence-corrected chi connectivity index (χ2v) is 5.58. The number of nitrogens with one attached hydrogen (secondary N) is 1. The number of aliphatic hydroxyl groups excluding tert-OH is 1. The Balaban J connectivity index is 1.93. The van der Waals surface area contributed by atoms with Gasteiger partial charge in [0.15, 0.2) is 5.82 Å². The lowest BCUT2D eigenvalue weighted by atomic mass is 10.2. The van der Waals surface area contributed by atoms with Crippen LogP contribution in [0.1, 0.15) is 24.6 Å². The smallest absolute Gasteiger partial charge is 0.163 e. The molecule has 0 amide bonds. The number of hydrogen-bond donors (Lipinski definition) is 2. The number of aryl methyl sites for hydroxylation is 1. The number of aromatic nitrogens is 3. The summed E-state index contributed by atoms with van der Waals surface area (Å²) in [7, 11) is 0. The van der Waals surface area contributed by atoms with Gasteiger partial charge < -0.3 is 10.4 Å². The van der Waals surface area contributed by atoms with Crippen molar-refractivity contribution < 1.29 is 5.11 Å². The van der Waals surface area contributed by atoms with Crippen molar-refractivity contribution in [2.75, 3.05) is 18.5 Å². The highest BCUT2D eigenvalue weighted by Gasteiger charge is 2.20. The Kier molecular flexibility index (Phi) is 4.10. The van der Waals surface area contributed by atoms with Crippen LogP contribution >= 0.6 is 0 Å². The fourth-order valence-electron chi connectivity index (χ4n) is 2.54. The SMILES string of the molecule is CC(CO)CNc1nc(-c2cccnc2)nc2c1CCC2. The van der Waals surface area contributed by atoms with E-state index in [9.17, 15) is 0 Å². The first-order valence-corrected chi connectivity index (χ1v) is 7.43. The predicted molar refractivity (Wildman–Crippen MR) is 82.0 cm³/mol. The Morgan fingerprint density at radius 3 is 3.00 bits per heavy atom. The Morgan fingerprint density at radius 1 is 1.33 bits per heavy atom. The second-order valence-electron chi connectivity index (χ2n) is 5.58. The molecule has 0 saturated carbocycles. The van der Waals surface area contributed by atoms with E-state index in [1.807, 2.05) is 19.1 Å². The summed E-state index contributed by atoms with van der Waals surface area (Å²) in [5.74, 6) is 1.85. The fraction of sp³-hybridized carbons (Fsp3) is 0.438. The van der Waals surface area contributed by atoms with E-state index in [-0.39, 0.29) is 12.5 Å². The first-order chi connectivity index (χ1) is 10.3. The molecule has 1 aliphatic carbocycles. The van der Waals surface area contributed by atoms with Crippen LogP contribution in [-0.4, -0.2) is 33.2 Å². The van der Waals surface area contributed by atoms with Gasteiger partial charge in [0.2, 0.25) is 0 Å². The van der Waals surface area contributed by atoms with E-state index in [4.69, 9.17) is 10.1 Å². The van der Waals surface area contributed by atoms with E-state index in [1.165, 1.54) is 5.56 Å². The van der Waals surface area contributed by atoms with E-state index in [1.54, 1.807) is 12.4 Å². The summed E-state index contributed by atoms with van der Waals surface area (Å²) in [4.78, 5) is 13.5. The molecule has 1 atom stereocenters. The highest BCUT2D eigenvalue weighted by molar-refractivity contribution is 5.59. The third-order valence-corrected chi connectivity index (χ3v) is 3.78. The zero-order chi connectivity index (χ0) is 14.7. The minimum atomic E-state index is 0.176. The molecule has 0 aliphatic heterocycles. The van der Waals surface area contributed by atoms with Gasteiger partial charge in [-0.1, -0.05) is 6.92 Å². The fourth-order valence-corrected chi connectivity index (χ4v) is 2.54. The molecule has 0 saturated heterocycles. The quantitative estimate of drug-likeness (QED) is 0.879. The molecule has 110 valence electrons. The van der Waals surface area contributed by atoms with Gasteiger partial charge in [-0.2, -0.15) is 0 Å². The van der Waals surface area contributed by atoms with Gasteiger partial charge >= 0.3 is 0 Å². The van der Waals surface area contributed by atoms with Gasteiger partial charge in [0.25, 0.3) is 0 Å². The molecule has 2 heterocycles. The van der Waals surface area contributed by atoms with E-state index in [2.05, 4.69) is 15.3 Å². The van der Waals surface area contributed by atoms with Crippen molar-refractivity contribution in [3.8, 4) is 11.4 Å². The van der Waals surface area contributed by atoms with Crippen molar-refractivity contribution in [3.05, 3.63) is 35.8 Å². The van der Waals surface area contributed by atoms with Gasteiger partial charge in [0.05, 0.1) is 0 Å². The summed E-state index contributed by atoms with van der Waals surface area (Å²) in [6, 6.07) is 3.87. The first kappa shape index (κ1) is 13.9. The van der Waals surface area contributed by atoms with Crippen LogP contribution in [-0.2, 0) is 12.8 Å². The molecule has 0 aromatic carbocycles. The molecule has 1 aliphatic rings. The molecule has 5 nitrogen and oxygen atoms in total. The highest BCUT2D eigenvalue weighted by atomic mass is 16.3. The molecule has 0 fully saturated rings. The van der Waals surface area contributed by atoms with Crippen LogP contribution in [0.15, 0.2) is 24.5 Å². The molecule has 5 heteroatoms. The summed E-state index contributed by atoms with van der Waals surface area (Å²) in [5.41, 5.74) is 3.31. The summed E-state index contributed by atoms with van der Waals surface area (Å²) >= 11 is 0. The third kappa shape index (κ3) is 3.03. The molecular weight excluding hydrogens is 264 g/mol. The zero-order valence-electron chi connectivity index (χ0n) is 12.2. The monoisotopic (exact) mass is 284 g/mol. The van der Waals surface area contributed by atoms with Crippen LogP contribution in [0.25, 0.3) is 11.4 Å². The third-order valence-electron chi connectivity index (χ3n) is 3.78. The number of pyridine rings is 1. The number of nitrogens with zero attached hydrogens (tertiary/aromatic N) is 3. The standard InChI is InChI=1S/C16H20N4O/c1-11(10-21)8-18-16-13-5-2-6-14(13)19-15(20-16)12-4-3-7-17-9-12/h3-4,7,9,11,21H,2,5-6,8,10H2,1H3,(H,18,19,20). The van der Waals surface area contributed by atoms with Crippen LogP contribution in [0.5, 0.6) is 0 Å². The topological polar surface area (TPSA) is 70.9 Å². The van der Waals surface area contributed by atoms with Gasteiger partial charge in [-0.15, -0.1) is 0 Å². The van der Waals surface area contributed by atoms with E-state index in [0.717, 1.165) is 42.2 Å². The summed E-state index contributed by atoms with van der Waals surface area (Å²) in [5, 5.41) is 12.5. The van der Waals surface area contributed by atoms with Crippen molar-refractivity contribution in [3.63, 3.8) is 0 Å². The normalized spacial score (nSPS) is 14.8. The van der Waals surface area contributed by atoms with Crippen molar-refractivity contribution >= 4 is 5.82 Å². The lowest BCUT2D eigenvalue weighted by Gasteiger charge is -2.14. The molecular formula is C16H20N4O. The van der Waals surface area contributed by atoms with Crippen LogP contribution in [0.4, 0.5) is 5.82 Å². The van der Waals surface area contributed by atoms with Crippen LogP contribution in [0, 0.1) is 5.92 Å². The summed E-state index contributed by atoms with van der Waals surface area (Å²) in [6.07, 6.45) is 6.70. The molecule has 21 heavy (non-hydrogen) atoms. The minimum Gasteiger partial charge on any atom is -0.396 e. The molecule has 2 aromatic rings. The number of rotatable bonds is 5.